The predicted octanol–water partition coefficient (Wildman–Crippen LogP) is 6.06. The molecule has 51 heavy (non-hydrogen) atoms. The van der Waals surface area contributed by atoms with E-state index in [-0.39, 0.29) is 88.1 Å². The minimum Gasteiger partial charge on any atom is -0.461 e. The van der Waals surface area contributed by atoms with Gasteiger partial charge in [0.2, 0.25) is 0 Å². The molecule has 2 aliphatic rings. The molecule has 2 fully saturated rings. The highest BCUT2D eigenvalue weighted by Gasteiger charge is 2.36. The van der Waals surface area contributed by atoms with Crippen molar-refractivity contribution in [3.8, 4) is 22.5 Å². The van der Waals surface area contributed by atoms with Gasteiger partial charge in [-0.3, -0.25) is 9.78 Å². The lowest BCUT2D eigenvalue weighted by atomic mass is 10.1. The number of piperidine rings is 2. The number of nitrogens with zero attached hydrogens (tertiary/aromatic N) is 7. The number of esters is 2. The third-order valence-corrected chi connectivity index (χ3v) is 8.26. The average molecular weight is 723 g/mol. The van der Waals surface area contributed by atoms with E-state index in [1.165, 1.54) is 51.1 Å². The van der Waals surface area contributed by atoms with Crippen LogP contribution in [0, 0.1) is 11.6 Å². The Bertz CT molecular complexity index is 1850. The minimum atomic E-state index is -2.70. The Balaban J connectivity index is 0.000000198. The normalized spacial score (nSPS) is 16.6. The van der Waals surface area contributed by atoms with Crippen molar-refractivity contribution in [3.05, 3.63) is 59.7 Å². The second kappa shape index (κ2) is 15.4. The van der Waals surface area contributed by atoms with Crippen molar-refractivity contribution < 1.29 is 45.4 Å². The van der Waals surface area contributed by atoms with Gasteiger partial charge < -0.3 is 19.3 Å². The van der Waals surface area contributed by atoms with Crippen molar-refractivity contribution >= 4 is 23.6 Å². The molecule has 12 nitrogen and oxygen atoms in total. The van der Waals surface area contributed by atoms with Gasteiger partial charge in [-0.15, -0.1) is 0 Å². The largest absolute Gasteiger partial charge is 0.461 e. The Kier molecular flexibility index (Phi) is 11.2. The molecule has 2 saturated heterocycles. The molecule has 18 heteroatoms. The third-order valence-electron chi connectivity index (χ3n) is 8.26. The van der Waals surface area contributed by atoms with E-state index in [1.54, 1.807) is 20.9 Å². The molecular formula is C33H36F6N8O4. The number of ether oxygens (including phenoxy) is 2. The maximum Gasteiger partial charge on any atom is 0.358 e. The molecule has 0 amide bonds. The van der Waals surface area contributed by atoms with Crippen LogP contribution in [-0.2, 0) is 16.5 Å². The van der Waals surface area contributed by atoms with Crippen LogP contribution in [0.2, 0.25) is 0 Å². The molecule has 0 radical (unpaired) electrons. The fourth-order valence-corrected chi connectivity index (χ4v) is 5.52. The summed E-state index contributed by atoms with van der Waals surface area (Å²) in [6.07, 6.45) is 1.56. The molecule has 4 aromatic rings. The lowest BCUT2D eigenvalue weighted by molar-refractivity contribution is -0.0228. The van der Waals surface area contributed by atoms with Gasteiger partial charge >= 0.3 is 11.9 Å². The van der Waals surface area contributed by atoms with Crippen LogP contribution in [0.1, 0.15) is 60.5 Å². The quantitative estimate of drug-likeness (QED) is 0.169. The molecule has 6 rings (SSSR count). The summed E-state index contributed by atoms with van der Waals surface area (Å²) < 4.78 is 93.0. The van der Waals surface area contributed by atoms with Crippen LogP contribution >= 0.6 is 0 Å². The molecule has 4 aromatic heterocycles. The molecular weight excluding hydrogens is 686 g/mol. The summed E-state index contributed by atoms with van der Waals surface area (Å²) in [7, 11) is 1.62. The summed E-state index contributed by atoms with van der Waals surface area (Å²) in [6, 6.07) is 5.42. The first-order valence-electron chi connectivity index (χ1n) is 16.2. The van der Waals surface area contributed by atoms with Gasteiger partial charge in [-0.05, 0) is 38.1 Å². The lowest BCUT2D eigenvalue weighted by Crippen LogP contribution is -2.40. The predicted molar refractivity (Wildman–Crippen MR) is 173 cm³/mol. The van der Waals surface area contributed by atoms with Crippen molar-refractivity contribution in [1.82, 2.24) is 29.9 Å². The molecule has 0 bridgehead atoms. The van der Waals surface area contributed by atoms with E-state index in [0.29, 0.717) is 22.5 Å². The topological polar surface area (TPSA) is 131 Å². The van der Waals surface area contributed by atoms with Crippen LogP contribution in [0.15, 0.2) is 36.7 Å². The average Bonchev–Trinajstić information content (AvgIpc) is 3.74. The summed E-state index contributed by atoms with van der Waals surface area (Å²) in [4.78, 5) is 34.6. The number of pyridine rings is 2. The number of hydrogen-bond acceptors (Lipinski definition) is 10. The zero-order chi connectivity index (χ0) is 36.9. The third kappa shape index (κ3) is 8.96. The van der Waals surface area contributed by atoms with Crippen LogP contribution in [0.3, 0.4) is 0 Å². The van der Waals surface area contributed by atoms with Crippen LogP contribution in [0.4, 0.5) is 38.0 Å². The van der Waals surface area contributed by atoms with Crippen LogP contribution in [0.25, 0.3) is 22.5 Å². The number of anilines is 2. The van der Waals surface area contributed by atoms with E-state index in [0.717, 1.165) is 0 Å². The van der Waals surface area contributed by atoms with Gasteiger partial charge in [-0.25, -0.2) is 45.9 Å². The standard InChI is InChI=1S/C17H19F3N4O2.C16H17F3N4O2/c1-3-26-16(25)13-9-14(23(2)22-13)11-8-12(18)15(21-10-11)24-6-4-17(19,20)5-7-24;1-2-25-15(24)13-8-12(21-22-13)10-7-11(17)14(20-9-10)23-5-3-16(18,19)4-6-23/h8-10H,3-7H2,1-2H3;7-9H,2-6H2,1H3,(H,21,22). The van der Waals surface area contributed by atoms with Gasteiger partial charge in [0, 0.05) is 82.4 Å². The Morgan fingerprint density at radius 2 is 1.25 bits per heavy atom. The van der Waals surface area contributed by atoms with E-state index < -0.39 is 35.4 Å². The first kappa shape index (κ1) is 37.1. The molecule has 0 saturated carbocycles. The Hall–Kier alpha value is -5.16. The van der Waals surface area contributed by atoms with Crippen molar-refractivity contribution in [2.24, 2.45) is 7.05 Å². The van der Waals surface area contributed by atoms with E-state index in [9.17, 15) is 35.9 Å². The second-order valence-electron chi connectivity index (χ2n) is 11.9. The zero-order valence-electron chi connectivity index (χ0n) is 28.1. The number of alkyl halides is 4. The zero-order valence-corrected chi connectivity index (χ0v) is 28.1. The summed E-state index contributed by atoms with van der Waals surface area (Å²) in [5.41, 5.74) is 1.91. The highest BCUT2D eigenvalue weighted by Crippen LogP contribution is 2.33. The number of halogens is 6. The van der Waals surface area contributed by atoms with Gasteiger partial charge in [0.25, 0.3) is 11.8 Å². The highest BCUT2D eigenvalue weighted by atomic mass is 19.3. The van der Waals surface area contributed by atoms with Crippen LogP contribution in [0.5, 0.6) is 0 Å². The van der Waals surface area contributed by atoms with Gasteiger partial charge in [0.05, 0.1) is 24.6 Å². The van der Waals surface area contributed by atoms with E-state index in [1.807, 2.05) is 0 Å². The van der Waals surface area contributed by atoms with E-state index >= 15 is 0 Å². The molecule has 274 valence electrons. The van der Waals surface area contributed by atoms with Gasteiger partial charge in [0.15, 0.2) is 29.0 Å². The monoisotopic (exact) mass is 722 g/mol. The molecule has 0 aliphatic carbocycles. The van der Waals surface area contributed by atoms with Crippen molar-refractivity contribution in [2.45, 2.75) is 51.4 Å². The highest BCUT2D eigenvalue weighted by molar-refractivity contribution is 5.89. The summed E-state index contributed by atoms with van der Waals surface area (Å²) in [5, 5.41) is 10.5. The molecule has 1 N–H and O–H groups in total. The summed E-state index contributed by atoms with van der Waals surface area (Å²) in [6.45, 7) is 4.03. The number of aromatic amines is 1. The molecule has 2 aliphatic heterocycles. The molecule has 0 aromatic carbocycles. The van der Waals surface area contributed by atoms with Gasteiger partial charge in [-0.2, -0.15) is 10.2 Å². The maximum absolute atomic E-state index is 14.5. The Morgan fingerprint density at radius 1 is 0.765 bits per heavy atom. The van der Waals surface area contributed by atoms with Crippen molar-refractivity contribution in [1.29, 1.82) is 0 Å². The number of H-pyrrole nitrogens is 1. The number of carbonyl (C=O) groups excluding carboxylic acids is 2. The van der Waals surface area contributed by atoms with Crippen molar-refractivity contribution in [3.63, 3.8) is 0 Å². The number of aryl methyl sites for hydroxylation is 1. The smallest absolute Gasteiger partial charge is 0.358 e. The molecule has 0 spiro atoms. The van der Waals surface area contributed by atoms with E-state index in [2.05, 4.69) is 25.3 Å². The Labute approximate surface area is 288 Å². The summed E-state index contributed by atoms with van der Waals surface area (Å²) in [5.74, 6) is -7.65. The molecule has 0 atom stereocenters. The van der Waals surface area contributed by atoms with Crippen LogP contribution < -0.4 is 9.80 Å². The SMILES string of the molecule is CCOC(=O)c1cc(-c2cnc(N3CCC(F)(F)CC3)c(F)c2)n(C)n1.CCOC(=O)c1cc(-c2cnc(N3CCC(F)(F)CC3)c(F)c2)n[nH]1. The van der Waals surface area contributed by atoms with Gasteiger partial charge in [-0.1, -0.05) is 0 Å². The van der Waals surface area contributed by atoms with Crippen molar-refractivity contribution in [2.75, 3.05) is 49.2 Å². The Morgan fingerprint density at radius 3 is 1.76 bits per heavy atom. The number of aromatic nitrogens is 6. The fourth-order valence-electron chi connectivity index (χ4n) is 5.52. The summed E-state index contributed by atoms with van der Waals surface area (Å²) >= 11 is 0. The second-order valence-corrected chi connectivity index (χ2v) is 11.9. The first-order chi connectivity index (χ1) is 24.2. The molecule has 6 heterocycles. The number of nitrogens with one attached hydrogen (secondary N) is 1. The fraction of sp³-hybridized carbons (Fsp3) is 0.455. The van der Waals surface area contributed by atoms with Crippen LogP contribution in [-0.4, -0.2) is 93.1 Å². The lowest BCUT2D eigenvalue weighted by Gasteiger charge is -2.32. The number of hydrogen-bond donors (Lipinski definition) is 1. The van der Waals surface area contributed by atoms with Gasteiger partial charge in [0.1, 0.15) is 5.69 Å². The minimum absolute atomic E-state index is 0.0420. The first-order valence-corrected chi connectivity index (χ1v) is 16.2. The molecule has 0 unspecified atom stereocenters. The number of carbonyl (C=O) groups is 2. The maximum atomic E-state index is 14.5. The number of rotatable bonds is 8. The van der Waals surface area contributed by atoms with E-state index in [4.69, 9.17) is 9.47 Å².